The Morgan fingerprint density at radius 1 is 1.23 bits per heavy atom. The number of nitrogens with one attached hydrogen (secondary N) is 1. The number of hydrogen-bond donors (Lipinski definition) is 1. The van der Waals surface area contributed by atoms with Gasteiger partial charge in [0.15, 0.2) is 0 Å². The second-order valence-corrected chi connectivity index (χ2v) is 8.15. The summed E-state index contributed by atoms with van der Waals surface area (Å²) in [5, 5.41) is 0. The third-order valence-electron chi connectivity index (χ3n) is 3.74. The van der Waals surface area contributed by atoms with E-state index in [4.69, 9.17) is 4.74 Å². The van der Waals surface area contributed by atoms with Crippen molar-refractivity contribution in [1.82, 2.24) is 4.57 Å². The van der Waals surface area contributed by atoms with E-state index >= 15 is 0 Å². The minimum atomic E-state index is -3.76. The summed E-state index contributed by atoms with van der Waals surface area (Å²) in [6.07, 6.45) is 1.63. The molecule has 1 N–H and O–H groups in total. The summed E-state index contributed by atoms with van der Waals surface area (Å²) in [5.74, 6) is 0.625. The maximum Gasteiger partial charge on any atom is 0.308 e. The summed E-state index contributed by atoms with van der Waals surface area (Å²) in [6.45, 7) is 6.37. The molecule has 0 unspecified atom stereocenters. The van der Waals surface area contributed by atoms with Crippen LogP contribution in [0.15, 0.2) is 64.8 Å². The maximum atomic E-state index is 12.6. The molecule has 1 heterocycles. The molecular formula is C18H18N2O4S2. The molecule has 0 aliphatic rings. The van der Waals surface area contributed by atoms with Crippen molar-refractivity contribution < 1.29 is 13.2 Å². The van der Waals surface area contributed by atoms with E-state index in [9.17, 15) is 13.2 Å². The van der Waals surface area contributed by atoms with Crippen LogP contribution in [0.2, 0.25) is 0 Å². The standard InChI is InChI=1S/C18H18N2O4S2/c1-3-11-24-14-7-5-13(6-8-14)19-26(22,23)15-9-10-16-17(12-15)25-18(21)20(16)4-2/h3,5-10,12,19H,1,4,11H2,2H3. The van der Waals surface area contributed by atoms with Gasteiger partial charge in [0, 0.05) is 12.2 Å². The summed E-state index contributed by atoms with van der Waals surface area (Å²) in [4.78, 5) is 11.9. The van der Waals surface area contributed by atoms with Crippen LogP contribution in [0.1, 0.15) is 6.92 Å². The second kappa shape index (κ2) is 7.35. The van der Waals surface area contributed by atoms with Crippen LogP contribution >= 0.6 is 11.3 Å². The Morgan fingerprint density at radius 2 is 1.96 bits per heavy atom. The zero-order chi connectivity index (χ0) is 18.7. The molecule has 0 saturated carbocycles. The van der Waals surface area contributed by atoms with Crippen LogP contribution in [0.25, 0.3) is 10.2 Å². The van der Waals surface area contributed by atoms with Crippen molar-refractivity contribution in [2.24, 2.45) is 0 Å². The first-order valence-corrected chi connectivity index (χ1v) is 10.2. The lowest BCUT2D eigenvalue weighted by Gasteiger charge is -2.09. The quantitative estimate of drug-likeness (QED) is 0.627. The van der Waals surface area contributed by atoms with Gasteiger partial charge in [-0.05, 0) is 49.4 Å². The normalized spacial score (nSPS) is 11.4. The third kappa shape index (κ3) is 3.66. The zero-order valence-corrected chi connectivity index (χ0v) is 15.8. The lowest BCUT2D eigenvalue weighted by atomic mass is 10.3. The van der Waals surface area contributed by atoms with Gasteiger partial charge < -0.3 is 4.74 Å². The molecule has 0 fully saturated rings. The molecule has 2 aromatic carbocycles. The van der Waals surface area contributed by atoms with Gasteiger partial charge in [0.05, 0.1) is 15.1 Å². The third-order valence-corrected chi connectivity index (χ3v) is 6.06. The van der Waals surface area contributed by atoms with E-state index in [1.165, 1.54) is 12.1 Å². The Hall–Kier alpha value is -2.58. The van der Waals surface area contributed by atoms with E-state index in [0.29, 0.717) is 29.3 Å². The minimum absolute atomic E-state index is 0.0971. The van der Waals surface area contributed by atoms with Crippen molar-refractivity contribution in [3.8, 4) is 5.75 Å². The molecule has 3 rings (SSSR count). The summed E-state index contributed by atoms with van der Waals surface area (Å²) in [7, 11) is -3.76. The highest BCUT2D eigenvalue weighted by Crippen LogP contribution is 2.24. The Kier molecular flexibility index (Phi) is 5.15. The van der Waals surface area contributed by atoms with Gasteiger partial charge in [-0.1, -0.05) is 24.0 Å². The van der Waals surface area contributed by atoms with E-state index in [1.54, 1.807) is 41.0 Å². The zero-order valence-electron chi connectivity index (χ0n) is 14.1. The van der Waals surface area contributed by atoms with Crippen LogP contribution < -0.4 is 14.3 Å². The van der Waals surface area contributed by atoms with Crippen LogP contribution in [0.3, 0.4) is 0 Å². The van der Waals surface area contributed by atoms with Gasteiger partial charge in [0.2, 0.25) is 0 Å². The van der Waals surface area contributed by atoms with Crippen molar-refractivity contribution in [2.45, 2.75) is 18.4 Å². The topological polar surface area (TPSA) is 77.4 Å². The molecule has 26 heavy (non-hydrogen) atoms. The Bertz CT molecular complexity index is 1100. The number of aromatic nitrogens is 1. The molecule has 0 radical (unpaired) electrons. The number of fused-ring (bicyclic) bond motifs is 1. The van der Waals surface area contributed by atoms with E-state index < -0.39 is 10.0 Å². The molecule has 0 spiro atoms. The van der Waals surface area contributed by atoms with E-state index in [1.807, 2.05) is 6.92 Å². The SMILES string of the molecule is C=CCOc1ccc(NS(=O)(=O)c2ccc3c(c2)sc(=O)n3CC)cc1. The fourth-order valence-corrected chi connectivity index (χ4v) is 4.66. The van der Waals surface area contributed by atoms with Crippen LogP contribution in [0.4, 0.5) is 5.69 Å². The highest BCUT2D eigenvalue weighted by atomic mass is 32.2. The van der Waals surface area contributed by atoms with Gasteiger partial charge in [0.1, 0.15) is 12.4 Å². The average Bonchev–Trinajstić information content (AvgIpc) is 2.95. The number of aryl methyl sites for hydroxylation is 1. The second-order valence-electron chi connectivity index (χ2n) is 5.47. The van der Waals surface area contributed by atoms with Crippen molar-refractivity contribution in [3.63, 3.8) is 0 Å². The lowest BCUT2D eigenvalue weighted by molar-refractivity contribution is 0.363. The van der Waals surface area contributed by atoms with Gasteiger partial charge in [-0.2, -0.15) is 0 Å². The highest BCUT2D eigenvalue weighted by molar-refractivity contribution is 7.92. The van der Waals surface area contributed by atoms with Crippen LogP contribution in [-0.2, 0) is 16.6 Å². The molecule has 1 aromatic heterocycles. The molecule has 0 aliphatic heterocycles. The number of sulfonamides is 1. The van der Waals surface area contributed by atoms with Crippen molar-refractivity contribution in [2.75, 3.05) is 11.3 Å². The van der Waals surface area contributed by atoms with Crippen molar-refractivity contribution in [3.05, 3.63) is 64.8 Å². The monoisotopic (exact) mass is 390 g/mol. The lowest BCUT2D eigenvalue weighted by Crippen LogP contribution is -2.13. The highest BCUT2D eigenvalue weighted by Gasteiger charge is 2.17. The fraction of sp³-hybridized carbons (Fsp3) is 0.167. The fourth-order valence-electron chi connectivity index (χ4n) is 2.50. The smallest absolute Gasteiger partial charge is 0.308 e. The first-order chi connectivity index (χ1) is 12.4. The minimum Gasteiger partial charge on any atom is -0.490 e. The van der Waals surface area contributed by atoms with Crippen molar-refractivity contribution in [1.29, 1.82) is 0 Å². The summed E-state index contributed by atoms with van der Waals surface area (Å²) >= 11 is 1.04. The molecule has 0 saturated heterocycles. The van der Waals surface area contributed by atoms with Gasteiger partial charge >= 0.3 is 4.87 Å². The van der Waals surface area contributed by atoms with Gasteiger partial charge in [-0.15, -0.1) is 0 Å². The molecule has 8 heteroatoms. The average molecular weight is 390 g/mol. The molecule has 0 aliphatic carbocycles. The summed E-state index contributed by atoms with van der Waals surface area (Å²) in [6, 6.07) is 11.3. The predicted octanol–water partition coefficient (Wildman–Crippen LogP) is 3.45. The number of thiazole rings is 1. The van der Waals surface area contributed by atoms with E-state index in [2.05, 4.69) is 11.3 Å². The first-order valence-electron chi connectivity index (χ1n) is 7.94. The Labute approximate surface area is 155 Å². The van der Waals surface area contributed by atoms with Gasteiger partial charge in [-0.3, -0.25) is 14.1 Å². The van der Waals surface area contributed by atoms with Crippen LogP contribution in [0, 0.1) is 0 Å². The molecular weight excluding hydrogens is 372 g/mol. The number of hydrogen-bond acceptors (Lipinski definition) is 5. The van der Waals surface area contributed by atoms with E-state index in [0.717, 1.165) is 16.9 Å². The molecule has 136 valence electrons. The van der Waals surface area contributed by atoms with Crippen LogP contribution in [-0.4, -0.2) is 19.6 Å². The summed E-state index contributed by atoms with van der Waals surface area (Å²) < 4.78 is 35.4. The molecule has 0 bridgehead atoms. The maximum absolute atomic E-state index is 12.6. The first kappa shape index (κ1) is 18.2. The Morgan fingerprint density at radius 3 is 2.62 bits per heavy atom. The summed E-state index contributed by atoms with van der Waals surface area (Å²) in [5.41, 5.74) is 1.17. The number of anilines is 1. The molecule has 3 aromatic rings. The molecule has 6 nitrogen and oxygen atoms in total. The largest absolute Gasteiger partial charge is 0.490 e. The molecule has 0 amide bonds. The van der Waals surface area contributed by atoms with E-state index in [-0.39, 0.29) is 9.77 Å². The number of benzene rings is 2. The van der Waals surface area contributed by atoms with Crippen molar-refractivity contribution >= 4 is 37.3 Å². The predicted molar refractivity (Wildman–Crippen MR) is 105 cm³/mol. The van der Waals surface area contributed by atoms with Crippen LogP contribution in [0.5, 0.6) is 5.75 Å². The number of ether oxygens (including phenoxy) is 1. The Balaban J connectivity index is 1.87. The number of nitrogens with zero attached hydrogens (tertiary/aromatic N) is 1. The van der Waals surface area contributed by atoms with Gasteiger partial charge in [0.25, 0.3) is 10.0 Å². The molecule has 0 atom stereocenters. The van der Waals surface area contributed by atoms with Gasteiger partial charge in [-0.25, -0.2) is 8.42 Å². The number of rotatable bonds is 7.